The molecular weight excluding hydrogens is 432 g/mol. The van der Waals surface area contributed by atoms with Gasteiger partial charge in [0, 0.05) is 61.6 Å². The van der Waals surface area contributed by atoms with Crippen molar-refractivity contribution in [2.24, 2.45) is 0 Å². The summed E-state index contributed by atoms with van der Waals surface area (Å²) in [6.45, 7) is 8.54. The number of anilines is 3. The Morgan fingerprint density at radius 1 is 1.22 bits per heavy atom. The highest BCUT2D eigenvalue weighted by Gasteiger charge is 2.31. The molecule has 170 valence electrons. The van der Waals surface area contributed by atoms with Crippen molar-refractivity contribution in [1.29, 1.82) is 0 Å². The minimum atomic E-state index is -0.392. The number of fused-ring (bicyclic) bond motifs is 2. The molecule has 0 spiro atoms. The third-order valence-electron chi connectivity index (χ3n) is 5.83. The monoisotopic (exact) mass is 458 g/mol. The van der Waals surface area contributed by atoms with Gasteiger partial charge in [-0.2, -0.15) is 0 Å². The molecule has 10 nitrogen and oxygen atoms in total. The number of aromatic amines is 1. The molecule has 0 radical (unpaired) electrons. The van der Waals surface area contributed by atoms with E-state index in [2.05, 4.69) is 44.3 Å². The summed E-state index contributed by atoms with van der Waals surface area (Å²) in [5.41, 5.74) is 2.77. The molecular formula is C21H27ClN8O2. The van der Waals surface area contributed by atoms with Crippen LogP contribution >= 0.6 is 12.4 Å². The van der Waals surface area contributed by atoms with Crippen LogP contribution in [0.4, 0.5) is 22.0 Å². The van der Waals surface area contributed by atoms with Gasteiger partial charge in [-0.15, -0.1) is 12.4 Å². The fraction of sp³-hybridized carbons (Fsp3) is 0.429. The van der Waals surface area contributed by atoms with Crippen LogP contribution in [0.2, 0.25) is 0 Å². The molecule has 0 aliphatic carbocycles. The molecule has 0 bridgehead atoms. The predicted molar refractivity (Wildman–Crippen MR) is 126 cm³/mol. The lowest BCUT2D eigenvalue weighted by Gasteiger charge is -2.38. The van der Waals surface area contributed by atoms with Crippen molar-refractivity contribution in [1.82, 2.24) is 24.7 Å². The fourth-order valence-corrected chi connectivity index (χ4v) is 4.64. The van der Waals surface area contributed by atoms with Crippen LogP contribution in [0, 0.1) is 6.92 Å². The zero-order valence-corrected chi connectivity index (χ0v) is 19.1. The van der Waals surface area contributed by atoms with E-state index in [1.807, 2.05) is 13.0 Å². The van der Waals surface area contributed by atoms with E-state index in [0.717, 1.165) is 36.5 Å². The number of amides is 2. The molecule has 3 aromatic rings. The van der Waals surface area contributed by atoms with Crippen molar-refractivity contribution in [3.8, 4) is 0 Å². The van der Waals surface area contributed by atoms with Gasteiger partial charge in [0.1, 0.15) is 11.5 Å². The van der Waals surface area contributed by atoms with Crippen LogP contribution in [-0.4, -0.2) is 57.1 Å². The number of aromatic nitrogens is 4. The first-order valence-electron chi connectivity index (χ1n) is 10.5. The number of imidazole rings is 1. The SMILES string of the molecule is Cc1cn2cc(NC(=O)N3CCc4c(N5C[C@@H](C)N[C@@H](C)C5)ccnc43)c(=O)[nH]c2n1.Cl. The van der Waals surface area contributed by atoms with E-state index >= 15 is 0 Å². The highest BCUT2D eigenvalue weighted by atomic mass is 35.5. The molecule has 32 heavy (non-hydrogen) atoms. The van der Waals surface area contributed by atoms with Crippen LogP contribution in [0.3, 0.4) is 0 Å². The molecule has 2 aliphatic rings. The molecule has 0 unspecified atom stereocenters. The quantitative estimate of drug-likeness (QED) is 0.541. The molecule has 0 saturated carbocycles. The standard InChI is InChI=1S/C21H26N8O2.ClH/c1-12-8-27(9-13(2)23-12)17-4-6-22-18-15(17)5-7-29(18)21(31)25-16-11-28-10-14(3)24-20(28)26-19(16)30;/h4,6,10-13,23H,5,7-9H2,1-3H3,(H,25,31)(H,24,26,30);1H/t12-,13+;. The van der Waals surface area contributed by atoms with Gasteiger partial charge in [0.15, 0.2) is 0 Å². The largest absolute Gasteiger partial charge is 0.368 e. The van der Waals surface area contributed by atoms with Crippen molar-refractivity contribution in [2.45, 2.75) is 39.3 Å². The van der Waals surface area contributed by atoms with Crippen LogP contribution in [0.1, 0.15) is 25.1 Å². The lowest BCUT2D eigenvalue weighted by atomic mass is 10.1. The maximum absolute atomic E-state index is 13.0. The van der Waals surface area contributed by atoms with E-state index in [-0.39, 0.29) is 24.1 Å². The first-order chi connectivity index (χ1) is 14.9. The van der Waals surface area contributed by atoms with Gasteiger partial charge >= 0.3 is 6.03 Å². The summed E-state index contributed by atoms with van der Waals surface area (Å²) in [5, 5.41) is 6.29. The Hall–Kier alpha value is -3.11. The summed E-state index contributed by atoms with van der Waals surface area (Å²) in [6, 6.07) is 2.45. The van der Waals surface area contributed by atoms with Gasteiger partial charge < -0.3 is 15.5 Å². The van der Waals surface area contributed by atoms with Crippen LogP contribution in [0.5, 0.6) is 0 Å². The first kappa shape index (κ1) is 22.1. The third-order valence-corrected chi connectivity index (χ3v) is 5.83. The number of piperazine rings is 1. The number of carbonyl (C=O) groups excluding carboxylic acids is 1. The highest BCUT2D eigenvalue weighted by Crippen LogP contribution is 2.34. The van der Waals surface area contributed by atoms with Crippen LogP contribution in [-0.2, 0) is 6.42 Å². The van der Waals surface area contributed by atoms with Gasteiger partial charge in [0.25, 0.3) is 5.56 Å². The second kappa shape index (κ2) is 8.44. The molecule has 1 fully saturated rings. The number of rotatable bonds is 2. The van der Waals surface area contributed by atoms with Gasteiger partial charge in [-0.25, -0.2) is 14.8 Å². The predicted octanol–water partition coefficient (Wildman–Crippen LogP) is 1.93. The molecule has 5 rings (SSSR count). The van der Waals surface area contributed by atoms with Crippen molar-refractivity contribution in [2.75, 3.05) is 34.8 Å². The number of urea groups is 1. The molecule has 2 aliphatic heterocycles. The molecule has 5 heterocycles. The van der Waals surface area contributed by atoms with E-state index in [1.165, 1.54) is 0 Å². The summed E-state index contributed by atoms with van der Waals surface area (Å²) >= 11 is 0. The molecule has 3 N–H and O–H groups in total. The minimum Gasteiger partial charge on any atom is -0.368 e. The van der Waals surface area contributed by atoms with E-state index in [9.17, 15) is 9.59 Å². The summed E-state index contributed by atoms with van der Waals surface area (Å²) in [4.78, 5) is 40.8. The smallest absolute Gasteiger partial charge is 0.327 e. The van der Waals surface area contributed by atoms with E-state index in [1.54, 1.807) is 27.9 Å². The normalized spacial score (nSPS) is 20.2. The van der Waals surface area contributed by atoms with Crippen molar-refractivity contribution in [3.05, 3.63) is 46.3 Å². The lowest BCUT2D eigenvalue weighted by molar-refractivity contribution is 0.257. The first-order valence-corrected chi connectivity index (χ1v) is 10.5. The Bertz CT molecular complexity index is 1210. The van der Waals surface area contributed by atoms with Gasteiger partial charge in [0.05, 0.1) is 5.69 Å². The maximum Gasteiger partial charge on any atom is 0.327 e. The van der Waals surface area contributed by atoms with Crippen molar-refractivity contribution in [3.63, 3.8) is 0 Å². The van der Waals surface area contributed by atoms with Gasteiger partial charge in [-0.3, -0.25) is 19.1 Å². The summed E-state index contributed by atoms with van der Waals surface area (Å²) in [5.74, 6) is 1.10. The number of hydrogen-bond acceptors (Lipinski definition) is 6. The Morgan fingerprint density at radius 3 is 2.72 bits per heavy atom. The van der Waals surface area contributed by atoms with E-state index in [0.29, 0.717) is 30.2 Å². The zero-order valence-electron chi connectivity index (χ0n) is 18.3. The summed E-state index contributed by atoms with van der Waals surface area (Å²) < 4.78 is 1.69. The van der Waals surface area contributed by atoms with Crippen LogP contribution < -0.4 is 26.0 Å². The topological polar surface area (TPSA) is 111 Å². The number of carbonyl (C=O) groups is 1. The van der Waals surface area contributed by atoms with Gasteiger partial charge in [-0.05, 0) is 33.3 Å². The Kier molecular flexibility index (Phi) is 5.83. The Morgan fingerprint density at radius 2 is 1.97 bits per heavy atom. The van der Waals surface area contributed by atoms with E-state index < -0.39 is 5.56 Å². The molecule has 2 amide bonds. The van der Waals surface area contributed by atoms with E-state index in [4.69, 9.17) is 0 Å². The lowest BCUT2D eigenvalue weighted by Crippen LogP contribution is -2.54. The second-order valence-corrected chi connectivity index (χ2v) is 8.45. The summed E-state index contributed by atoms with van der Waals surface area (Å²) in [7, 11) is 0. The number of aryl methyl sites for hydroxylation is 1. The molecule has 0 aromatic carbocycles. The zero-order chi connectivity index (χ0) is 21.7. The Labute approximate surface area is 191 Å². The van der Waals surface area contributed by atoms with Crippen LogP contribution in [0.25, 0.3) is 5.78 Å². The molecule has 3 aromatic heterocycles. The number of nitrogens with one attached hydrogen (secondary N) is 3. The summed E-state index contributed by atoms with van der Waals surface area (Å²) in [6.07, 6.45) is 5.85. The molecule has 1 saturated heterocycles. The van der Waals surface area contributed by atoms with Gasteiger partial charge in [0.2, 0.25) is 5.78 Å². The third kappa shape index (κ3) is 3.91. The maximum atomic E-state index is 13.0. The number of H-pyrrole nitrogens is 1. The van der Waals surface area contributed by atoms with Gasteiger partial charge in [-0.1, -0.05) is 0 Å². The number of nitrogens with zero attached hydrogens (tertiary/aromatic N) is 5. The number of pyridine rings is 1. The number of hydrogen-bond donors (Lipinski definition) is 3. The highest BCUT2D eigenvalue weighted by molar-refractivity contribution is 6.02. The van der Waals surface area contributed by atoms with Crippen LogP contribution in [0.15, 0.2) is 29.5 Å². The van der Waals surface area contributed by atoms with Crippen molar-refractivity contribution < 1.29 is 4.79 Å². The molecule has 11 heteroatoms. The minimum absolute atomic E-state index is 0. The average Bonchev–Trinajstić information content (AvgIpc) is 3.29. The second-order valence-electron chi connectivity index (χ2n) is 8.45. The van der Waals surface area contributed by atoms with Crippen molar-refractivity contribution >= 4 is 41.4 Å². The fourth-order valence-electron chi connectivity index (χ4n) is 4.64. The number of halogens is 1. The molecule has 2 atom stereocenters. The Balaban J connectivity index is 0.00000245. The average molecular weight is 459 g/mol.